The predicted molar refractivity (Wildman–Crippen MR) is 149 cm³/mol. The zero-order valence-electron chi connectivity index (χ0n) is 21.9. The zero-order valence-corrected chi connectivity index (χ0v) is 22.7. The molecule has 196 valence electrons. The van der Waals surface area contributed by atoms with Crippen molar-refractivity contribution in [2.24, 2.45) is 0 Å². The molecule has 6 nitrogen and oxygen atoms in total. The maximum Gasteiger partial charge on any atom is 0.251 e. The van der Waals surface area contributed by atoms with E-state index in [1.54, 1.807) is 42.5 Å². The second-order valence-electron chi connectivity index (χ2n) is 9.54. The summed E-state index contributed by atoms with van der Waals surface area (Å²) >= 11 is 0. The van der Waals surface area contributed by atoms with Crippen LogP contribution in [-0.2, 0) is 29.4 Å². The SMILES string of the molecule is CCOc1ccccc1N(Cc1ccc(C(=O)N[C@H](CC)c2ccc3c(c2)CCCC3)cc1)S(C)(=O)=O. The number of fused-ring (bicyclic) bond motifs is 1. The zero-order chi connectivity index (χ0) is 26.4. The third-order valence-corrected chi connectivity index (χ3v) is 7.99. The lowest BCUT2D eigenvalue weighted by molar-refractivity contribution is 0.0935. The van der Waals surface area contributed by atoms with E-state index in [0.29, 0.717) is 23.6 Å². The first-order valence-corrected chi connectivity index (χ1v) is 14.9. The van der Waals surface area contributed by atoms with Gasteiger partial charge in [-0.1, -0.05) is 49.4 Å². The van der Waals surface area contributed by atoms with Gasteiger partial charge in [-0.2, -0.15) is 0 Å². The van der Waals surface area contributed by atoms with Crippen LogP contribution in [0, 0.1) is 0 Å². The van der Waals surface area contributed by atoms with Crippen LogP contribution in [0.2, 0.25) is 0 Å². The number of ether oxygens (including phenoxy) is 1. The van der Waals surface area contributed by atoms with Gasteiger partial charge in [0, 0.05) is 5.56 Å². The van der Waals surface area contributed by atoms with E-state index in [1.165, 1.54) is 34.5 Å². The van der Waals surface area contributed by atoms with Crippen molar-refractivity contribution in [1.29, 1.82) is 0 Å². The number of para-hydroxylation sites is 2. The maximum absolute atomic E-state index is 13.1. The molecule has 7 heteroatoms. The minimum absolute atomic E-state index is 0.0600. The predicted octanol–water partition coefficient (Wildman–Crippen LogP) is 5.81. The van der Waals surface area contributed by atoms with Crippen LogP contribution < -0.4 is 14.4 Å². The van der Waals surface area contributed by atoms with Crippen molar-refractivity contribution in [3.05, 3.63) is 94.5 Å². The van der Waals surface area contributed by atoms with Crippen LogP contribution in [0.15, 0.2) is 66.7 Å². The van der Waals surface area contributed by atoms with Crippen LogP contribution in [0.25, 0.3) is 0 Å². The van der Waals surface area contributed by atoms with Gasteiger partial charge in [0.1, 0.15) is 5.75 Å². The minimum atomic E-state index is -3.57. The monoisotopic (exact) mass is 520 g/mol. The molecule has 37 heavy (non-hydrogen) atoms. The molecular formula is C30H36N2O4S. The summed E-state index contributed by atoms with van der Waals surface area (Å²) in [6.07, 6.45) is 6.69. The van der Waals surface area contributed by atoms with E-state index in [-0.39, 0.29) is 18.5 Å². The van der Waals surface area contributed by atoms with Crippen molar-refractivity contribution in [2.45, 2.75) is 58.5 Å². The van der Waals surface area contributed by atoms with Crippen LogP contribution >= 0.6 is 0 Å². The molecule has 3 aromatic carbocycles. The molecule has 1 amide bonds. The molecule has 0 heterocycles. The lowest BCUT2D eigenvalue weighted by Gasteiger charge is -2.25. The number of amides is 1. The lowest BCUT2D eigenvalue weighted by atomic mass is 9.88. The number of sulfonamides is 1. The average molecular weight is 521 g/mol. The molecule has 1 N–H and O–H groups in total. The lowest BCUT2D eigenvalue weighted by Crippen LogP contribution is -2.30. The van der Waals surface area contributed by atoms with E-state index in [4.69, 9.17) is 4.74 Å². The summed E-state index contributed by atoms with van der Waals surface area (Å²) in [5.74, 6) is 0.372. The van der Waals surface area contributed by atoms with E-state index in [1.807, 2.05) is 13.0 Å². The number of carbonyl (C=O) groups excluding carboxylic acids is 1. The molecule has 1 aliphatic carbocycles. The highest BCUT2D eigenvalue weighted by Crippen LogP contribution is 2.31. The summed E-state index contributed by atoms with van der Waals surface area (Å²) in [4.78, 5) is 13.1. The van der Waals surface area contributed by atoms with Gasteiger partial charge in [0.15, 0.2) is 0 Å². The van der Waals surface area contributed by atoms with Gasteiger partial charge < -0.3 is 10.1 Å². The highest BCUT2D eigenvalue weighted by Gasteiger charge is 2.22. The summed E-state index contributed by atoms with van der Waals surface area (Å²) in [6, 6.07) is 20.8. The molecule has 0 saturated heterocycles. The summed E-state index contributed by atoms with van der Waals surface area (Å²) in [7, 11) is -3.57. The number of anilines is 1. The molecule has 0 aromatic heterocycles. The quantitative estimate of drug-likeness (QED) is 0.366. The molecule has 3 aromatic rings. The Kier molecular flexibility index (Phi) is 8.54. The molecule has 0 bridgehead atoms. The largest absolute Gasteiger partial charge is 0.492 e. The Morgan fingerprint density at radius 3 is 2.35 bits per heavy atom. The van der Waals surface area contributed by atoms with Crippen molar-refractivity contribution in [3.8, 4) is 5.75 Å². The Hall–Kier alpha value is -3.32. The Labute approximate surface area is 220 Å². The second-order valence-corrected chi connectivity index (χ2v) is 11.4. The van der Waals surface area contributed by atoms with Gasteiger partial charge in [0.25, 0.3) is 5.91 Å². The van der Waals surface area contributed by atoms with E-state index >= 15 is 0 Å². The number of carbonyl (C=O) groups is 1. The standard InChI is InChI=1S/C30H36N2O4S/c1-4-27(26-19-18-23-10-6-7-11-25(23)20-26)31-30(33)24-16-14-22(15-17-24)21-32(37(3,34)35)28-12-8-9-13-29(28)36-5-2/h8-9,12-20,27H,4-7,10-11,21H2,1-3H3,(H,31,33)/t27-/m1/s1. The first kappa shape index (κ1) is 26.7. The molecule has 4 rings (SSSR count). The van der Waals surface area contributed by atoms with Gasteiger partial charge in [-0.15, -0.1) is 0 Å². The second kappa shape index (κ2) is 11.8. The van der Waals surface area contributed by atoms with Gasteiger partial charge in [-0.05, 0) is 85.5 Å². The van der Waals surface area contributed by atoms with E-state index < -0.39 is 10.0 Å². The van der Waals surface area contributed by atoms with Crippen LogP contribution in [0.5, 0.6) is 5.75 Å². The first-order chi connectivity index (χ1) is 17.8. The van der Waals surface area contributed by atoms with E-state index in [2.05, 4.69) is 30.4 Å². The number of aryl methyl sites for hydroxylation is 2. The number of hydrogen-bond acceptors (Lipinski definition) is 4. The van der Waals surface area contributed by atoms with E-state index in [9.17, 15) is 13.2 Å². The third-order valence-electron chi connectivity index (χ3n) is 6.86. The highest BCUT2D eigenvalue weighted by atomic mass is 32.2. The fourth-order valence-electron chi connectivity index (χ4n) is 4.88. The van der Waals surface area contributed by atoms with Crippen molar-refractivity contribution in [3.63, 3.8) is 0 Å². The summed E-state index contributed by atoms with van der Waals surface area (Å²) in [5.41, 5.74) is 5.78. The van der Waals surface area contributed by atoms with Crippen LogP contribution in [0.4, 0.5) is 5.69 Å². The molecular weight excluding hydrogens is 484 g/mol. The highest BCUT2D eigenvalue weighted by molar-refractivity contribution is 7.92. The Bertz CT molecular complexity index is 1340. The normalized spacial score (nSPS) is 13.9. The maximum atomic E-state index is 13.1. The summed E-state index contributed by atoms with van der Waals surface area (Å²) in [5, 5.41) is 3.18. The summed E-state index contributed by atoms with van der Waals surface area (Å²) < 4.78 is 32.3. The number of rotatable bonds is 10. The number of nitrogens with zero attached hydrogens (tertiary/aromatic N) is 1. The van der Waals surface area contributed by atoms with Gasteiger partial charge in [0.05, 0.1) is 31.1 Å². The Balaban J connectivity index is 1.48. The molecule has 0 spiro atoms. The smallest absolute Gasteiger partial charge is 0.251 e. The Morgan fingerprint density at radius 1 is 0.973 bits per heavy atom. The minimum Gasteiger partial charge on any atom is -0.492 e. The van der Waals surface area contributed by atoms with Crippen LogP contribution in [0.3, 0.4) is 0 Å². The number of nitrogens with one attached hydrogen (secondary N) is 1. The first-order valence-electron chi connectivity index (χ1n) is 13.0. The van der Waals surface area contributed by atoms with Crippen molar-refractivity contribution >= 4 is 21.6 Å². The van der Waals surface area contributed by atoms with Gasteiger partial charge in [-0.3, -0.25) is 9.10 Å². The molecule has 0 saturated carbocycles. The van der Waals surface area contributed by atoms with Crippen molar-refractivity contribution in [2.75, 3.05) is 17.2 Å². The summed E-state index contributed by atoms with van der Waals surface area (Å²) in [6.45, 7) is 4.51. The van der Waals surface area contributed by atoms with Gasteiger partial charge in [0.2, 0.25) is 10.0 Å². The molecule has 0 radical (unpaired) electrons. The number of benzene rings is 3. The Morgan fingerprint density at radius 2 is 1.68 bits per heavy atom. The fourth-order valence-corrected chi connectivity index (χ4v) is 5.77. The topological polar surface area (TPSA) is 75.7 Å². The third kappa shape index (κ3) is 6.52. The van der Waals surface area contributed by atoms with Crippen LogP contribution in [0.1, 0.15) is 71.8 Å². The van der Waals surface area contributed by atoms with Crippen molar-refractivity contribution in [1.82, 2.24) is 5.32 Å². The van der Waals surface area contributed by atoms with E-state index in [0.717, 1.165) is 30.4 Å². The molecule has 1 aliphatic rings. The van der Waals surface area contributed by atoms with Gasteiger partial charge >= 0.3 is 0 Å². The molecule has 0 aliphatic heterocycles. The van der Waals surface area contributed by atoms with Gasteiger partial charge in [-0.25, -0.2) is 8.42 Å². The number of hydrogen-bond donors (Lipinski definition) is 1. The average Bonchev–Trinajstić information content (AvgIpc) is 2.90. The van der Waals surface area contributed by atoms with Crippen LogP contribution in [-0.4, -0.2) is 27.2 Å². The fraction of sp³-hybridized carbons (Fsp3) is 0.367. The molecule has 0 unspecified atom stereocenters. The molecule has 0 fully saturated rings. The molecule has 1 atom stereocenters. The van der Waals surface area contributed by atoms with Crippen molar-refractivity contribution < 1.29 is 17.9 Å².